The van der Waals surface area contributed by atoms with Gasteiger partial charge in [0, 0.05) is 46.6 Å². The van der Waals surface area contributed by atoms with Crippen molar-refractivity contribution in [3.05, 3.63) is 49.1 Å². The van der Waals surface area contributed by atoms with Crippen molar-refractivity contribution in [1.82, 2.24) is 24.7 Å². The number of nitrogens with two attached hydrogens (primary N) is 1. The molecule has 4 heterocycles. The van der Waals surface area contributed by atoms with Crippen LogP contribution in [0.5, 0.6) is 0 Å². The van der Waals surface area contributed by atoms with E-state index in [1.165, 1.54) is 11.3 Å². The van der Waals surface area contributed by atoms with E-state index in [1.54, 1.807) is 18.7 Å². The van der Waals surface area contributed by atoms with E-state index < -0.39 is 10.8 Å². The molecule has 4 aromatic heterocycles. The number of benzene rings is 1. The van der Waals surface area contributed by atoms with Crippen LogP contribution in [0, 0.1) is 0 Å². The molecule has 1 fully saturated rings. The van der Waals surface area contributed by atoms with Gasteiger partial charge in [0.05, 0.1) is 33.4 Å². The van der Waals surface area contributed by atoms with Gasteiger partial charge in [-0.25, -0.2) is 15.0 Å². The highest BCUT2D eigenvalue weighted by molar-refractivity contribution is 7.88. The van der Waals surface area contributed by atoms with E-state index in [9.17, 15) is 4.21 Å². The first-order valence-corrected chi connectivity index (χ1v) is 12.4. The van der Waals surface area contributed by atoms with Crippen molar-refractivity contribution in [2.24, 2.45) is 7.05 Å². The van der Waals surface area contributed by atoms with Crippen molar-refractivity contribution in [3.63, 3.8) is 0 Å². The maximum Gasteiger partial charge on any atom is 0.127 e. The minimum atomic E-state index is -1.10. The number of fused-ring (bicyclic) bond motifs is 2. The number of thiophene rings is 1. The molecule has 0 saturated heterocycles. The lowest BCUT2D eigenvalue weighted by atomic mass is 10.0. The summed E-state index contributed by atoms with van der Waals surface area (Å²) in [5.74, 6) is 0. The number of anilines is 1. The monoisotopic (exact) mass is 460 g/mol. The predicted octanol–water partition coefficient (Wildman–Crippen LogP) is 4.55. The zero-order valence-corrected chi connectivity index (χ0v) is 19.0. The Kier molecular flexibility index (Phi) is 4.55. The molecule has 0 amide bonds. The first-order chi connectivity index (χ1) is 15.6. The zero-order valence-electron chi connectivity index (χ0n) is 17.4. The average Bonchev–Trinajstić information content (AvgIpc) is 3.34. The Morgan fingerprint density at radius 1 is 1.22 bits per heavy atom. The molecule has 1 saturated carbocycles. The van der Waals surface area contributed by atoms with Crippen LogP contribution in [0.25, 0.3) is 43.6 Å². The largest absolute Gasteiger partial charge is 0.396 e. The first kappa shape index (κ1) is 19.5. The summed E-state index contributed by atoms with van der Waals surface area (Å²) >= 11 is 1.45. The van der Waals surface area contributed by atoms with E-state index in [2.05, 4.69) is 15.1 Å². The van der Waals surface area contributed by atoms with Gasteiger partial charge in [-0.3, -0.25) is 8.89 Å². The van der Waals surface area contributed by atoms with Crippen molar-refractivity contribution in [1.29, 1.82) is 0 Å². The van der Waals surface area contributed by atoms with Gasteiger partial charge in [0.2, 0.25) is 0 Å². The third-order valence-corrected chi connectivity index (χ3v) is 9.40. The fourth-order valence-corrected chi connectivity index (χ4v) is 7.32. The van der Waals surface area contributed by atoms with Crippen molar-refractivity contribution in [2.45, 2.75) is 28.7 Å². The summed E-state index contributed by atoms with van der Waals surface area (Å²) in [6.07, 6.45) is 8.23. The van der Waals surface area contributed by atoms with E-state index in [-0.39, 0.29) is 5.25 Å². The maximum atomic E-state index is 13.2. The highest BCUT2D eigenvalue weighted by Gasteiger charge is 2.30. The molecule has 0 aliphatic heterocycles. The molecule has 5 aromatic rings. The third-order valence-electron chi connectivity index (χ3n) is 6.10. The number of nitrogen functional groups attached to an aromatic ring is 1. The molecule has 160 valence electrons. The highest BCUT2D eigenvalue weighted by Crippen LogP contribution is 2.44. The Morgan fingerprint density at radius 3 is 2.84 bits per heavy atom. The number of pyridine rings is 1. The van der Waals surface area contributed by atoms with Crippen LogP contribution in [-0.2, 0) is 17.8 Å². The minimum absolute atomic E-state index is 0.199. The van der Waals surface area contributed by atoms with Gasteiger partial charge in [0.15, 0.2) is 0 Å². The van der Waals surface area contributed by atoms with E-state index in [0.29, 0.717) is 5.69 Å². The van der Waals surface area contributed by atoms with Crippen LogP contribution in [0.4, 0.5) is 5.69 Å². The van der Waals surface area contributed by atoms with E-state index in [1.807, 2.05) is 42.1 Å². The van der Waals surface area contributed by atoms with E-state index >= 15 is 0 Å². The Hall–Kier alpha value is -3.17. The second-order valence-electron chi connectivity index (χ2n) is 8.03. The summed E-state index contributed by atoms with van der Waals surface area (Å²) in [5.41, 5.74) is 11.7. The summed E-state index contributed by atoms with van der Waals surface area (Å²) < 4.78 is 15.7. The van der Waals surface area contributed by atoms with Crippen LogP contribution in [0.1, 0.15) is 19.3 Å². The molecule has 32 heavy (non-hydrogen) atoms. The second-order valence-corrected chi connectivity index (χ2v) is 11.0. The summed E-state index contributed by atoms with van der Waals surface area (Å²) in [4.78, 5) is 14.2. The average molecular weight is 461 g/mol. The van der Waals surface area contributed by atoms with E-state index in [4.69, 9.17) is 10.7 Å². The lowest BCUT2D eigenvalue weighted by Gasteiger charge is -2.23. The SMILES string of the molecule is Cn1nccc1-c1cc(-c2ccc3cncnc3c2)nc2sc([S@](=O)C3CCC3)c(N)c12. The lowest BCUT2D eigenvalue weighted by molar-refractivity contribution is 0.505. The third kappa shape index (κ3) is 3.03. The summed E-state index contributed by atoms with van der Waals surface area (Å²) in [5, 5.41) is 6.38. The van der Waals surface area contributed by atoms with Gasteiger partial charge in [-0.05, 0) is 31.0 Å². The molecule has 0 spiro atoms. The molecular weight excluding hydrogens is 440 g/mol. The Balaban J connectivity index is 1.60. The molecule has 6 rings (SSSR count). The van der Waals surface area contributed by atoms with Crippen molar-refractivity contribution in [2.75, 3.05) is 5.73 Å². The van der Waals surface area contributed by atoms with Crippen LogP contribution in [0.2, 0.25) is 0 Å². The van der Waals surface area contributed by atoms with Crippen LogP contribution >= 0.6 is 11.3 Å². The Labute approximate surface area is 190 Å². The van der Waals surface area contributed by atoms with Crippen LogP contribution in [-0.4, -0.2) is 34.2 Å². The molecule has 1 aliphatic carbocycles. The fraction of sp³-hybridized carbons (Fsp3) is 0.217. The van der Waals surface area contributed by atoms with Gasteiger partial charge in [-0.2, -0.15) is 5.10 Å². The number of nitrogens with zero attached hydrogens (tertiary/aromatic N) is 5. The number of rotatable bonds is 4. The van der Waals surface area contributed by atoms with Crippen molar-refractivity contribution < 1.29 is 4.21 Å². The Morgan fingerprint density at radius 2 is 2.09 bits per heavy atom. The fourth-order valence-electron chi connectivity index (χ4n) is 4.11. The van der Waals surface area contributed by atoms with Gasteiger partial charge < -0.3 is 5.73 Å². The van der Waals surface area contributed by atoms with Gasteiger partial charge in [-0.1, -0.05) is 18.6 Å². The molecule has 9 heteroatoms. The number of hydrogen-bond acceptors (Lipinski definition) is 7. The molecule has 1 aliphatic rings. The van der Waals surface area contributed by atoms with Gasteiger partial charge in [0.25, 0.3) is 0 Å². The molecule has 7 nitrogen and oxygen atoms in total. The molecule has 2 N–H and O–H groups in total. The van der Waals surface area contributed by atoms with Gasteiger partial charge in [-0.15, -0.1) is 11.3 Å². The topological polar surface area (TPSA) is 99.6 Å². The normalized spacial score (nSPS) is 15.3. The molecule has 0 bridgehead atoms. The first-order valence-electron chi connectivity index (χ1n) is 10.4. The lowest BCUT2D eigenvalue weighted by Crippen LogP contribution is -2.23. The number of hydrogen-bond donors (Lipinski definition) is 1. The molecule has 0 unspecified atom stereocenters. The second kappa shape index (κ2) is 7.46. The minimum Gasteiger partial charge on any atom is -0.396 e. The summed E-state index contributed by atoms with van der Waals surface area (Å²) in [6, 6.07) is 10.0. The van der Waals surface area contributed by atoms with E-state index in [0.717, 1.165) is 67.1 Å². The van der Waals surface area contributed by atoms with Gasteiger partial charge in [0.1, 0.15) is 15.4 Å². The number of aryl methyl sites for hydroxylation is 1. The maximum absolute atomic E-state index is 13.2. The molecule has 1 atom stereocenters. The summed E-state index contributed by atoms with van der Waals surface area (Å²) in [6.45, 7) is 0. The molecule has 0 radical (unpaired) electrons. The van der Waals surface area contributed by atoms with Crippen LogP contribution < -0.4 is 5.73 Å². The van der Waals surface area contributed by atoms with Crippen LogP contribution in [0.3, 0.4) is 0 Å². The summed E-state index contributed by atoms with van der Waals surface area (Å²) in [7, 11) is 0.805. The number of aromatic nitrogens is 5. The smallest absolute Gasteiger partial charge is 0.127 e. The highest BCUT2D eigenvalue weighted by atomic mass is 32.2. The quantitative estimate of drug-likeness (QED) is 0.422. The molecular formula is C23H20N6OS2. The van der Waals surface area contributed by atoms with Crippen LogP contribution in [0.15, 0.2) is 53.3 Å². The van der Waals surface area contributed by atoms with Crippen molar-refractivity contribution >= 4 is 48.9 Å². The standard InChI is InChI=1S/C23H20N6OS2/c1-29-19(7-8-27-29)16-10-18(13-5-6-14-11-25-12-26-17(14)9-13)28-22-20(16)21(24)23(31-22)32(30)15-3-2-4-15/h5-12,15H,2-4,24H2,1H3/t32-/m1/s1. The van der Waals surface area contributed by atoms with Gasteiger partial charge >= 0.3 is 0 Å². The predicted molar refractivity (Wildman–Crippen MR) is 129 cm³/mol. The molecule has 1 aromatic carbocycles. The van der Waals surface area contributed by atoms with Crippen molar-refractivity contribution in [3.8, 4) is 22.5 Å². The zero-order chi connectivity index (χ0) is 21.8. The Bertz CT molecular complexity index is 1520.